The predicted octanol–water partition coefficient (Wildman–Crippen LogP) is 7.12. The summed E-state index contributed by atoms with van der Waals surface area (Å²) in [5.74, 6) is 0.892. The molecule has 2 aromatic heterocycles. The van der Waals surface area contributed by atoms with Gasteiger partial charge in [0.2, 0.25) is 6.17 Å². The lowest BCUT2D eigenvalue weighted by Crippen LogP contribution is -2.44. The average molecular weight is 499 g/mol. The van der Waals surface area contributed by atoms with Gasteiger partial charge in [0.1, 0.15) is 5.84 Å². The van der Waals surface area contributed by atoms with Crippen LogP contribution in [-0.2, 0) is 21.7 Å². The van der Waals surface area contributed by atoms with E-state index >= 15 is 0 Å². The summed E-state index contributed by atoms with van der Waals surface area (Å²) >= 11 is 0. The molecule has 0 aromatic carbocycles. The van der Waals surface area contributed by atoms with Crippen LogP contribution in [0.5, 0.6) is 0 Å². The molecule has 0 radical (unpaired) electrons. The van der Waals surface area contributed by atoms with Crippen molar-refractivity contribution in [3.05, 3.63) is 34.9 Å². The summed E-state index contributed by atoms with van der Waals surface area (Å²) in [5, 5.41) is 14.3. The van der Waals surface area contributed by atoms with Crippen molar-refractivity contribution in [1.82, 2.24) is 24.9 Å². The summed E-state index contributed by atoms with van der Waals surface area (Å²) in [6.07, 6.45) is -0.328. The van der Waals surface area contributed by atoms with Crippen LogP contribution in [0.1, 0.15) is 140 Å². The Kier molecular flexibility index (Phi) is 8.35. The molecule has 36 heavy (non-hydrogen) atoms. The van der Waals surface area contributed by atoms with Crippen molar-refractivity contribution in [2.75, 3.05) is 0 Å². The second-order valence-corrected chi connectivity index (χ2v) is 15.0. The fourth-order valence-electron chi connectivity index (χ4n) is 4.10. The molecule has 0 amide bonds. The lowest BCUT2D eigenvalue weighted by atomic mass is 9.87. The molecule has 0 fully saturated rings. The zero-order valence-corrected chi connectivity index (χ0v) is 26.1. The molecule has 1 N–H and O–H groups in total. The van der Waals surface area contributed by atoms with Gasteiger partial charge in [-0.25, -0.2) is 9.36 Å². The minimum atomic E-state index is -0.328. The molecule has 0 saturated heterocycles. The van der Waals surface area contributed by atoms with Crippen LogP contribution in [-0.4, -0.2) is 37.5 Å². The lowest BCUT2D eigenvalue weighted by Gasteiger charge is -2.32. The Bertz CT molecular complexity index is 983. The summed E-state index contributed by atoms with van der Waals surface area (Å²) in [6.45, 7) is 35.5. The number of rotatable bonds is 5. The molecule has 0 unspecified atom stereocenters. The molecule has 2 heterocycles. The van der Waals surface area contributed by atoms with Gasteiger partial charge in [0, 0.05) is 45.1 Å². The minimum absolute atomic E-state index is 0.0792. The fraction of sp³-hybridized carbons (Fsp3) is 0.767. The highest BCUT2D eigenvalue weighted by Gasteiger charge is 2.36. The molecule has 6 heteroatoms. The molecule has 0 aliphatic rings. The first-order valence-corrected chi connectivity index (χ1v) is 13.6. The van der Waals surface area contributed by atoms with E-state index in [2.05, 4.69) is 138 Å². The van der Waals surface area contributed by atoms with Gasteiger partial charge in [0.05, 0.1) is 11.4 Å². The number of hydrogen-bond acceptors (Lipinski definition) is 3. The Hall–Kier alpha value is -2.11. The number of hydrogen-bond donors (Lipinski definition) is 1. The van der Waals surface area contributed by atoms with Crippen molar-refractivity contribution >= 4 is 5.84 Å². The molecule has 0 aliphatic carbocycles. The van der Waals surface area contributed by atoms with Gasteiger partial charge in [-0.05, 0) is 39.8 Å². The highest BCUT2D eigenvalue weighted by molar-refractivity contribution is 5.86. The number of amidine groups is 1. The van der Waals surface area contributed by atoms with Crippen LogP contribution in [0.25, 0.3) is 0 Å². The van der Waals surface area contributed by atoms with Crippen LogP contribution < -0.4 is 5.32 Å². The second kappa shape index (κ2) is 9.98. The van der Waals surface area contributed by atoms with Gasteiger partial charge >= 0.3 is 0 Å². The van der Waals surface area contributed by atoms with Crippen LogP contribution >= 0.6 is 0 Å². The quantitative estimate of drug-likeness (QED) is 0.352. The molecule has 0 bridgehead atoms. The molecule has 0 spiro atoms. The first-order valence-electron chi connectivity index (χ1n) is 13.6. The summed E-state index contributed by atoms with van der Waals surface area (Å²) in [6, 6.07) is 4.90. The second-order valence-electron chi connectivity index (χ2n) is 15.0. The highest BCUT2D eigenvalue weighted by atomic mass is 15.5. The Morgan fingerprint density at radius 2 is 1.03 bits per heavy atom. The first-order chi connectivity index (χ1) is 16.0. The average Bonchev–Trinajstić information content (AvgIpc) is 3.24. The number of aliphatic imine (C=N–C) groups is 1. The molecule has 204 valence electrons. The standard InChI is InChI=1S/C30H54N6/c1-19(2)31-25(32-20(3)4)26(35-23(29(11,12)13)17-21(33-35)27(5,6)7)36-24(30(14,15)16)18-22(34-36)28(8,9)10/h17-20,26H,1-16H3,(H,31,32). The lowest BCUT2D eigenvalue weighted by molar-refractivity contribution is 0.362. The zero-order valence-electron chi connectivity index (χ0n) is 26.1. The Morgan fingerprint density at radius 1 is 0.667 bits per heavy atom. The summed E-state index contributed by atoms with van der Waals surface area (Å²) < 4.78 is 4.37. The third-order valence-corrected chi connectivity index (χ3v) is 6.09. The normalized spacial score (nSPS) is 14.5. The third kappa shape index (κ3) is 7.01. The van der Waals surface area contributed by atoms with Gasteiger partial charge in [0.15, 0.2) is 0 Å². The van der Waals surface area contributed by atoms with Gasteiger partial charge in [0.25, 0.3) is 0 Å². The topological polar surface area (TPSA) is 60.0 Å². The SMILES string of the molecule is CC(C)N=C(NC(C)C)C(n1nc(C(C)(C)C)cc1C(C)(C)C)n1nc(C(C)(C)C)cc1C(C)(C)C. The van der Waals surface area contributed by atoms with Gasteiger partial charge in [-0.2, -0.15) is 10.2 Å². The summed E-state index contributed by atoms with van der Waals surface area (Å²) in [4.78, 5) is 5.14. The Balaban J connectivity index is 3.08. The van der Waals surface area contributed by atoms with E-state index in [0.717, 1.165) is 17.2 Å². The third-order valence-electron chi connectivity index (χ3n) is 6.09. The van der Waals surface area contributed by atoms with E-state index in [4.69, 9.17) is 15.2 Å². The van der Waals surface area contributed by atoms with Crippen LogP contribution in [0.3, 0.4) is 0 Å². The number of aromatic nitrogens is 4. The maximum Gasteiger partial charge on any atom is 0.200 e. The largest absolute Gasteiger partial charge is 0.368 e. The van der Waals surface area contributed by atoms with E-state index in [0.29, 0.717) is 0 Å². The maximum absolute atomic E-state index is 5.29. The van der Waals surface area contributed by atoms with E-state index in [9.17, 15) is 0 Å². The van der Waals surface area contributed by atoms with Crippen molar-refractivity contribution < 1.29 is 0 Å². The van der Waals surface area contributed by atoms with Crippen molar-refractivity contribution in [3.8, 4) is 0 Å². The van der Waals surface area contributed by atoms with Gasteiger partial charge in [-0.15, -0.1) is 0 Å². The smallest absolute Gasteiger partial charge is 0.200 e. The predicted molar refractivity (Wildman–Crippen MR) is 155 cm³/mol. The molecule has 0 saturated carbocycles. The highest BCUT2D eigenvalue weighted by Crippen LogP contribution is 2.35. The fourth-order valence-corrected chi connectivity index (χ4v) is 4.10. The summed E-state index contributed by atoms with van der Waals surface area (Å²) in [5.41, 5.74) is 4.11. The minimum Gasteiger partial charge on any atom is -0.368 e. The Morgan fingerprint density at radius 3 is 1.28 bits per heavy atom. The van der Waals surface area contributed by atoms with Crippen LogP contribution in [0.2, 0.25) is 0 Å². The van der Waals surface area contributed by atoms with Gasteiger partial charge in [-0.3, -0.25) is 4.99 Å². The van der Waals surface area contributed by atoms with Crippen molar-refractivity contribution in [3.63, 3.8) is 0 Å². The van der Waals surface area contributed by atoms with Crippen LogP contribution in [0, 0.1) is 0 Å². The molecular weight excluding hydrogens is 444 g/mol. The van der Waals surface area contributed by atoms with Crippen LogP contribution in [0.15, 0.2) is 17.1 Å². The van der Waals surface area contributed by atoms with E-state index < -0.39 is 0 Å². The van der Waals surface area contributed by atoms with Gasteiger partial charge in [-0.1, -0.05) is 83.1 Å². The molecule has 2 rings (SSSR count). The van der Waals surface area contributed by atoms with Crippen LogP contribution in [0.4, 0.5) is 0 Å². The Labute approximate surface area is 221 Å². The molecule has 0 atom stereocenters. The summed E-state index contributed by atoms with van der Waals surface area (Å²) in [7, 11) is 0. The molecule has 6 nitrogen and oxygen atoms in total. The molecular formula is C30H54N6. The van der Waals surface area contributed by atoms with Crippen molar-refractivity contribution in [2.45, 2.75) is 151 Å². The van der Waals surface area contributed by atoms with Crippen molar-refractivity contribution in [2.24, 2.45) is 4.99 Å². The monoisotopic (exact) mass is 498 g/mol. The number of nitrogens with one attached hydrogen (secondary N) is 1. The first kappa shape index (κ1) is 30.1. The zero-order chi connectivity index (χ0) is 28.0. The van der Waals surface area contributed by atoms with E-state index in [1.165, 1.54) is 11.4 Å². The van der Waals surface area contributed by atoms with E-state index in [-0.39, 0.29) is 39.9 Å². The number of nitrogens with zero attached hydrogens (tertiary/aromatic N) is 5. The van der Waals surface area contributed by atoms with E-state index in [1.54, 1.807) is 0 Å². The van der Waals surface area contributed by atoms with Crippen molar-refractivity contribution in [1.29, 1.82) is 0 Å². The molecule has 2 aromatic rings. The van der Waals surface area contributed by atoms with Gasteiger partial charge < -0.3 is 5.32 Å². The molecule has 0 aliphatic heterocycles. The maximum atomic E-state index is 5.29. The van der Waals surface area contributed by atoms with E-state index in [1.807, 2.05) is 0 Å².